The zero-order valence-corrected chi connectivity index (χ0v) is 13.9. The molecule has 0 saturated heterocycles. The maximum absolute atomic E-state index is 13.2. The highest BCUT2D eigenvalue weighted by atomic mass is 16.7. The maximum Gasteiger partial charge on any atom is 0.482 e. The van der Waals surface area contributed by atoms with Gasteiger partial charge in [-0.05, 0) is 43.3 Å². The van der Waals surface area contributed by atoms with Crippen LogP contribution in [0.15, 0.2) is 54.9 Å². The second kappa shape index (κ2) is 6.46. The van der Waals surface area contributed by atoms with E-state index in [9.17, 15) is 9.59 Å². The van der Waals surface area contributed by atoms with Gasteiger partial charge in [-0.25, -0.2) is 19.5 Å². The number of anilines is 2. The third-order valence-electron chi connectivity index (χ3n) is 4.14. The van der Waals surface area contributed by atoms with Crippen LogP contribution in [-0.2, 0) is 16.1 Å². The number of hydroxylamine groups is 2. The SMILES string of the molecule is C=C(C)[N+]1(OC=O)C(=O)N(c2ccc(CCN)cc2)c2ncccc21. The van der Waals surface area contributed by atoms with Crippen LogP contribution in [0.3, 0.4) is 0 Å². The van der Waals surface area contributed by atoms with Crippen molar-refractivity contribution in [3.63, 3.8) is 0 Å². The Morgan fingerprint density at radius 2 is 2.08 bits per heavy atom. The molecule has 1 aromatic carbocycles. The lowest BCUT2D eigenvalue weighted by molar-refractivity contribution is -0.150. The molecule has 1 atom stereocenters. The van der Waals surface area contributed by atoms with Gasteiger partial charge in [-0.1, -0.05) is 12.1 Å². The van der Waals surface area contributed by atoms with Crippen molar-refractivity contribution in [3.8, 4) is 0 Å². The van der Waals surface area contributed by atoms with Gasteiger partial charge in [0.05, 0.1) is 5.69 Å². The fraction of sp³-hybridized carbons (Fsp3) is 0.167. The van der Waals surface area contributed by atoms with Gasteiger partial charge in [0.2, 0.25) is 11.5 Å². The molecular weight excluding hydrogens is 320 g/mol. The number of nitrogens with zero attached hydrogens (tertiary/aromatic N) is 3. The highest BCUT2D eigenvalue weighted by Gasteiger charge is 2.58. The lowest BCUT2D eigenvalue weighted by Crippen LogP contribution is -2.52. The Kier molecular flexibility index (Phi) is 4.35. The van der Waals surface area contributed by atoms with Crippen LogP contribution in [0.2, 0.25) is 0 Å². The van der Waals surface area contributed by atoms with Crippen molar-refractivity contribution in [2.24, 2.45) is 5.73 Å². The van der Waals surface area contributed by atoms with Crippen LogP contribution in [0.25, 0.3) is 0 Å². The van der Waals surface area contributed by atoms with Crippen LogP contribution in [0.5, 0.6) is 0 Å². The Morgan fingerprint density at radius 1 is 1.36 bits per heavy atom. The number of carbonyl (C=O) groups excluding carboxylic acids is 2. The molecule has 0 radical (unpaired) electrons. The molecule has 7 nitrogen and oxygen atoms in total. The van der Waals surface area contributed by atoms with Gasteiger partial charge in [-0.2, -0.15) is 0 Å². The van der Waals surface area contributed by atoms with Gasteiger partial charge in [0.25, 0.3) is 0 Å². The quantitative estimate of drug-likeness (QED) is 0.646. The molecule has 1 aromatic heterocycles. The first-order valence-electron chi connectivity index (χ1n) is 7.82. The molecule has 0 spiro atoms. The van der Waals surface area contributed by atoms with Crippen molar-refractivity contribution in [1.82, 2.24) is 9.63 Å². The fourth-order valence-electron chi connectivity index (χ4n) is 2.98. The number of allylic oxidation sites excluding steroid dienone is 1. The minimum absolute atomic E-state index is 0.247. The molecule has 1 unspecified atom stereocenters. The van der Waals surface area contributed by atoms with E-state index in [1.807, 2.05) is 24.3 Å². The summed E-state index contributed by atoms with van der Waals surface area (Å²) in [5.41, 5.74) is 8.07. The molecule has 0 bridgehead atoms. The average Bonchev–Trinajstić information content (AvgIpc) is 2.86. The van der Waals surface area contributed by atoms with E-state index in [0.29, 0.717) is 29.4 Å². The molecule has 25 heavy (non-hydrogen) atoms. The summed E-state index contributed by atoms with van der Waals surface area (Å²) in [4.78, 5) is 35.3. The lowest BCUT2D eigenvalue weighted by Gasteiger charge is -2.24. The van der Waals surface area contributed by atoms with Crippen molar-refractivity contribution in [1.29, 1.82) is 0 Å². The van der Waals surface area contributed by atoms with Crippen LogP contribution in [-0.4, -0.2) is 24.0 Å². The van der Waals surface area contributed by atoms with Crippen LogP contribution in [0.1, 0.15) is 12.5 Å². The standard InChI is InChI=1S/C18H19N4O3/c1-13(2)22(25-12-23)16-4-3-11-20-17(16)21(18(22)24)15-7-5-14(6-8-15)9-10-19/h3-8,11-12H,1,9-10,19H2,2H3/q+1. The molecule has 2 heterocycles. The summed E-state index contributed by atoms with van der Waals surface area (Å²) in [6.07, 6.45) is 2.34. The van der Waals surface area contributed by atoms with Crippen molar-refractivity contribution in [2.45, 2.75) is 13.3 Å². The number of aromatic nitrogens is 1. The zero-order chi connectivity index (χ0) is 18.0. The smallest absolute Gasteiger partial charge is 0.330 e. The number of amides is 2. The molecule has 1 aliphatic rings. The van der Waals surface area contributed by atoms with Gasteiger partial charge in [-0.3, -0.25) is 4.84 Å². The van der Waals surface area contributed by atoms with Gasteiger partial charge in [0.1, 0.15) is 0 Å². The van der Waals surface area contributed by atoms with Crippen LogP contribution in [0, 0.1) is 0 Å². The first-order chi connectivity index (χ1) is 12.1. The number of carbonyl (C=O) groups is 2. The molecule has 128 valence electrons. The number of nitrogens with two attached hydrogens (primary N) is 1. The van der Waals surface area contributed by atoms with Gasteiger partial charge < -0.3 is 5.73 Å². The summed E-state index contributed by atoms with van der Waals surface area (Å²) in [7, 11) is 0. The first-order valence-corrected chi connectivity index (χ1v) is 7.82. The van der Waals surface area contributed by atoms with E-state index in [1.165, 1.54) is 4.90 Å². The molecule has 2 aromatic rings. The van der Waals surface area contributed by atoms with Crippen molar-refractivity contribution in [2.75, 3.05) is 11.4 Å². The molecule has 7 heteroatoms. The highest BCUT2D eigenvalue weighted by molar-refractivity contribution is 6.13. The Bertz CT molecular complexity index is 834. The molecular formula is C18H19N4O3+. The Hall–Kier alpha value is -3.03. The largest absolute Gasteiger partial charge is 0.482 e. The van der Waals surface area contributed by atoms with Crippen molar-refractivity contribution in [3.05, 3.63) is 60.4 Å². The summed E-state index contributed by atoms with van der Waals surface area (Å²) in [5.74, 6) is 0.406. The predicted molar refractivity (Wildman–Crippen MR) is 94.7 cm³/mol. The van der Waals surface area contributed by atoms with E-state index in [1.54, 1.807) is 25.3 Å². The zero-order valence-electron chi connectivity index (χ0n) is 13.9. The molecule has 2 N–H and O–H groups in total. The molecule has 0 saturated carbocycles. The van der Waals surface area contributed by atoms with Crippen molar-refractivity contribution >= 4 is 29.7 Å². The summed E-state index contributed by atoms with van der Waals surface area (Å²) in [5, 5.41) is 0. The maximum atomic E-state index is 13.2. The van der Waals surface area contributed by atoms with Crippen LogP contribution < -0.4 is 15.3 Å². The minimum Gasteiger partial charge on any atom is -0.330 e. The van der Waals surface area contributed by atoms with Gasteiger partial charge in [0.15, 0.2) is 5.70 Å². The fourth-order valence-corrected chi connectivity index (χ4v) is 2.98. The third-order valence-corrected chi connectivity index (χ3v) is 4.14. The number of benzene rings is 1. The number of rotatable bonds is 6. The molecule has 2 amide bonds. The van der Waals surface area contributed by atoms with Gasteiger partial charge >= 0.3 is 12.5 Å². The number of hydrogen-bond acceptors (Lipinski definition) is 5. The molecule has 0 fully saturated rings. The van der Waals surface area contributed by atoms with Crippen LogP contribution >= 0.6 is 0 Å². The topological polar surface area (TPSA) is 85.5 Å². The number of fused-ring (bicyclic) bond motifs is 1. The van der Waals surface area contributed by atoms with E-state index in [2.05, 4.69) is 11.6 Å². The normalized spacial score (nSPS) is 18.8. The molecule has 3 rings (SSSR count). The van der Waals surface area contributed by atoms with E-state index in [-0.39, 0.29) is 6.47 Å². The first kappa shape index (κ1) is 16.8. The predicted octanol–water partition coefficient (Wildman–Crippen LogP) is 2.78. The van der Waals surface area contributed by atoms with E-state index in [0.717, 1.165) is 12.0 Å². The Balaban J connectivity index is 2.14. The molecule has 0 aliphatic carbocycles. The summed E-state index contributed by atoms with van der Waals surface area (Å²) in [6.45, 7) is 6.27. The second-order valence-corrected chi connectivity index (χ2v) is 5.72. The van der Waals surface area contributed by atoms with E-state index in [4.69, 9.17) is 10.6 Å². The monoisotopic (exact) mass is 339 g/mol. The average molecular weight is 339 g/mol. The second-order valence-electron chi connectivity index (χ2n) is 5.72. The lowest BCUT2D eigenvalue weighted by atomic mass is 10.1. The number of urea groups is 1. The summed E-state index contributed by atoms with van der Waals surface area (Å²) < 4.78 is -0.739. The van der Waals surface area contributed by atoms with Crippen molar-refractivity contribution < 1.29 is 14.4 Å². The highest BCUT2D eigenvalue weighted by Crippen LogP contribution is 2.47. The minimum atomic E-state index is -0.739. The third kappa shape index (κ3) is 2.50. The number of hydrogen-bond donors (Lipinski definition) is 1. The van der Waals surface area contributed by atoms with Gasteiger partial charge in [0, 0.05) is 23.8 Å². The molecule has 1 aliphatic heterocycles. The number of pyridine rings is 1. The Labute approximate surface area is 145 Å². The van der Waals surface area contributed by atoms with Crippen LogP contribution in [0.4, 0.5) is 22.0 Å². The summed E-state index contributed by atoms with van der Waals surface area (Å²) in [6, 6.07) is 10.4. The Morgan fingerprint density at radius 3 is 2.68 bits per heavy atom. The number of quaternary nitrogens is 1. The van der Waals surface area contributed by atoms with Gasteiger partial charge in [-0.15, -0.1) is 0 Å². The van der Waals surface area contributed by atoms with E-state index >= 15 is 0 Å². The van der Waals surface area contributed by atoms with E-state index < -0.39 is 10.7 Å². The summed E-state index contributed by atoms with van der Waals surface area (Å²) >= 11 is 0.